The van der Waals surface area contributed by atoms with Gasteiger partial charge in [0.2, 0.25) is 0 Å². The Labute approximate surface area is 212 Å². The molecule has 0 unspecified atom stereocenters. The first-order chi connectivity index (χ1) is 16.2. The highest BCUT2D eigenvalue weighted by Crippen LogP contribution is 2.70. The summed E-state index contributed by atoms with van der Waals surface area (Å²) in [4.78, 5) is 6.29. The van der Waals surface area contributed by atoms with Crippen LogP contribution in [0.2, 0.25) is 0 Å². The van der Waals surface area contributed by atoms with Crippen LogP contribution < -0.4 is 14.5 Å². The summed E-state index contributed by atoms with van der Waals surface area (Å²) < 4.78 is 37.8. The lowest BCUT2D eigenvalue weighted by molar-refractivity contribution is 0.130. The van der Waals surface area contributed by atoms with E-state index in [4.69, 9.17) is 8.37 Å². The molecule has 6 nitrogen and oxygen atoms in total. The summed E-state index contributed by atoms with van der Waals surface area (Å²) in [6.07, 6.45) is 1.10. The molecular formula is C27H36N2O4S2. The summed E-state index contributed by atoms with van der Waals surface area (Å²) >= 11 is 0. The normalized spacial score (nSPS) is 12.8. The molecule has 8 heteroatoms. The number of anilines is 2. The fraction of sp³-hybridized carbons (Fsp3) is 0.333. The third kappa shape index (κ3) is 6.51. The molecule has 3 aromatic rings. The van der Waals surface area contributed by atoms with E-state index < -0.39 is 26.0 Å². The van der Waals surface area contributed by atoms with Crippen molar-refractivity contribution in [2.45, 2.75) is 41.1 Å². The fourth-order valence-corrected chi connectivity index (χ4v) is 8.49. The molecule has 3 aromatic carbocycles. The molecule has 0 amide bonds. The molecule has 190 valence electrons. The second-order valence-corrected chi connectivity index (χ2v) is 14.3. The lowest BCUT2D eigenvalue weighted by Crippen LogP contribution is -2.23. The predicted octanol–water partition coefficient (Wildman–Crippen LogP) is 6.17. The Bertz CT molecular complexity index is 1200. The Hall–Kier alpha value is -2.68. The number of hydrogen-bond donors (Lipinski definition) is 0. The summed E-state index contributed by atoms with van der Waals surface area (Å²) in [5, 5.41) is 0. The monoisotopic (exact) mass is 516 g/mol. The Morgan fingerprint density at radius 1 is 0.686 bits per heavy atom. The molecular weight excluding hydrogens is 480 g/mol. The van der Waals surface area contributed by atoms with Crippen LogP contribution >= 0.6 is 10.3 Å². The standard InChI is InChI=1S/C27H36N2O4S2/c1-27(2,3)32-23-10-9-11-26(20-23)35(33-34(8,30)31,24-16-12-21(13-17-24)28(4)5)25-18-14-22(15-19-25)29(6)7/h9-20H,1-8H3. The van der Waals surface area contributed by atoms with E-state index in [2.05, 4.69) is 0 Å². The van der Waals surface area contributed by atoms with Crippen molar-refractivity contribution in [3.63, 3.8) is 0 Å². The molecule has 0 aliphatic heterocycles. The molecule has 0 aliphatic rings. The van der Waals surface area contributed by atoms with Crippen molar-refractivity contribution in [2.75, 3.05) is 44.2 Å². The van der Waals surface area contributed by atoms with Crippen molar-refractivity contribution in [1.29, 1.82) is 0 Å². The molecule has 0 saturated heterocycles. The van der Waals surface area contributed by atoms with E-state index in [1.807, 2.05) is 132 Å². The highest BCUT2D eigenvalue weighted by Gasteiger charge is 2.37. The molecule has 0 atom stereocenters. The highest BCUT2D eigenvalue weighted by atomic mass is 32.3. The zero-order valence-electron chi connectivity index (χ0n) is 21.8. The maximum Gasteiger partial charge on any atom is 0.274 e. The zero-order valence-corrected chi connectivity index (χ0v) is 23.4. The number of hydrogen-bond acceptors (Lipinski definition) is 6. The third-order valence-corrected chi connectivity index (χ3v) is 9.75. The fourth-order valence-electron chi connectivity index (χ4n) is 3.65. The van der Waals surface area contributed by atoms with Gasteiger partial charge in [-0.25, -0.2) is 3.63 Å². The van der Waals surface area contributed by atoms with Crippen molar-refractivity contribution in [1.82, 2.24) is 0 Å². The molecule has 0 aromatic heterocycles. The summed E-state index contributed by atoms with van der Waals surface area (Å²) in [6.45, 7) is 5.94. The first-order valence-electron chi connectivity index (χ1n) is 11.3. The van der Waals surface area contributed by atoms with Crippen LogP contribution in [0, 0.1) is 0 Å². The Morgan fingerprint density at radius 3 is 1.51 bits per heavy atom. The molecule has 0 radical (unpaired) electrons. The topological polar surface area (TPSA) is 59.1 Å². The van der Waals surface area contributed by atoms with E-state index in [1.54, 1.807) is 0 Å². The van der Waals surface area contributed by atoms with E-state index in [0.717, 1.165) is 32.3 Å². The summed E-state index contributed by atoms with van der Waals surface area (Å²) in [5.74, 6) is 0.652. The Balaban J connectivity index is 2.35. The summed E-state index contributed by atoms with van der Waals surface area (Å²) in [5.41, 5.74) is 1.61. The predicted molar refractivity (Wildman–Crippen MR) is 147 cm³/mol. The number of rotatable bonds is 8. The SMILES string of the molecule is CN(C)c1ccc(S(OS(C)(=O)=O)(c2ccc(N(C)C)cc2)c2cccc(OC(C)(C)C)c2)cc1. The molecule has 0 saturated carbocycles. The van der Waals surface area contributed by atoms with Crippen LogP contribution in [0.25, 0.3) is 0 Å². The maximum atomic E-state index is 12.8. The molecule has 0 N–H and O–H groups in total. The van der Waals surface area contributed by atoms with E-state index in [9.17, 15) is 8.42 Å². The molecule has 0 heterocycles. The van der Waals surface area contributed by atoms with E-state index in [0.29, 0.717) is 5.75 Å². The van der Waals surface area contributed by atoms with Crippen LogP contribution in [-0.2, 0) is 13.7 Å². The molecule has 0 spiro atoms. The first-order valence-corrected chi connectivity index (χ1v) is 14.7. The van der Waals surface area contributed by atoms with Gasteiger partial charge in [0.05, 0.1) is 6.26 Å². The van der Waals surface area contributed by atoms with Crippen molar-refractivity contribution in [3.05, 3.63) is 72.8 Å². The quantitative estimate of drug-likeness (QED) is 0.357. The highest BCUT2D eigenvalue weighted by molar-refractivity contribution is 8.33. The van der Waals surface area contributed by atoms with E-state index >= 15 is 0 Å². The minimum absolute atomic E-state index is 0.408. The minimum Gasteiger partial charge on any atom is -0.488 e. The average Bonchev–Trinajstić information content (AvgIpc) is 2.76. The van der Waals surface area contributed by atoms with Gasteiger partial charge in [0.15, 0.2) is 0 Å². The van der Waals surface area contributed by atoms with Crippen molar-refractivity contribution >= 4 is 31.8 Å². The smallest absolute Gasteiger partial charge is 0.274 e. The molecule has 3 rings (SSSR count). The van der Waals surface area contributed by atoms with Gasteiger partial charge in [0, 0.05) is 54.3 Å². The van der Waals surface area contributed by atoms with Crippen molar-refractivity contribution < 1.29 is 16.8 Å². The minimum atomic E-state index is -3.85. The zero-order chi connectivity index (χ0) is 26.0. The molecule has 35 heavy (non-hydrogen) atoms. The van der Waals surface area contributed by atoms with Crippen LogP contribution in [0.3, 0.4) is 0 Å². The van der Waals surface area contributed by atoms with Crippen LogP contribution in [0.1, 0.15) is 20.8 Å². The van der Waals surface area contributed by atoms with Gasteiger partial charge < -0.3 is 14.5 Å². The van der Waals surface area contributed by atoms with Gasteiger partial charge in [-0.05, 0) is 97.8 Å². The van der Waals surface area contributed by atoms with Gasteiger partial charge in [-0.3, -0.25) is 0 Å². The van der Waals surface area contributed by atoms with Gasteiger partial charge in [-0.2, -0.15) is 8.42 Å². The molecule has 0 aliphatic carbocycles. The third-order valence-electron chi connectivity index (χ3n) is 5.16. The van der Waals surface area contributed by atoms with Gasteiger partial charge in [0.1, 0.15) is 11.4 Å². The molecule has 0 bridgehead atoms. The van der Waals surface area contributed by atoms with Crippen molar-refractivity contribution in [3.8, 4) is 5.75 Å². The lowest BCUT2D eigenvalue weighted by Gasteiger charge is -2.39. The number of ether oxygens (including phenoxy) is 1. The Kier molecular flexibility index (Phi) is 7.79. The maximum absolute atomic E-state index is 12.8. The Morgan fingerprint density at radius 2 is 1.14 bits per heavy atom. The van der Waals surface area contributed by atoms with Gasteiger partial charge >= 0.3 is 0 Å². The molecule has 0 fully saturated rings. The van der Waals surface area contributed by atoms with Crippen LogP contribution in [0.15, 0.2) is 87.5 Å². The van der Waals surface area contributed by atoms with Gasteiger partial charge in [-0.1, -0.05) is 6.07 Å². The number of nitrogens with zero attached hydrogens (tertiary/aromatic N) is 2. The first kappa shape index (κ1) is 26.9. The lowest BCUT2D eigenvalue weighted by atomic mass is 10.2. The van der Waals surface area contributed by atoms with Gasteiger partial charge in [-0.15, -0.1) is 0 Å². The number of benzene rings is 3. The summed E-state index contributed by atoms with van der Waals surface area (Å²) in [6, 6.07) is 23.3. The average molecular weight is 517 g/mol. The summed E-state index contributed by atoms with van der Waals surface area (Å²) in [7, 11) is 1.36. The largest absolute Gasteiger partial charge is 0.488 e. The van der Waals surface area contributed by atoms with E-state index in [-0.39, 0.29) is 0 Å². The van der Waals surface area contributed by atoms with Crippen molar-refractivity contribution in [2.24, 2.45) is 0 Å². The van der Waals surface area contributed by atoms with Crippen LogP contribution in [0.5, 0.6) is 5.75 Å². The second kappa shape index (κ2) is 10.1. The van der Waals surface area contributed by atoms with E-state index in [1.165, 1.54) is 0 Å². The van der Waals surface area contributed by atoms with Crippen LogP contribution in [-0.4, -0.2) is 48.5 Å². The van der Waals surface area contributed by atoms with Crippen LogP contribution in [0.4, 0.5) is 11.4 Å². The van der Waals surface area contributed by atoms with Gasteiger partial charge in [0.25, 0.3) is 10.1 Å². The second-order valence-electron chi connectivity index (χ2n) is 9.79.